The van der Waals surface area contributed by atoms with Crippen LogP contribution in [-0.2, 0) is 16.1 Å². The van der Waals surface area contributed by atoms with Crippen molar-refractivity contribution in [2.45, 2.75) is 6.54 Å². The molecule has 9 heteroatoms. The van der Waals surface area contributed by atoms with Crippen molar-refractivity contribution in [3.05, 3.63) is 45.6 Å². The molecule has 2 heterocycles. The predicted molar refractivity (Wildman–Crippen MR) is 108 cm³/mol. The molecule has 0 saturated carbocycles. The number of thiophene rings is 1. The molecule has 1 aliphatic rings. The van der Waals surface area contributed by atoms with Gasteiger partial charge in [0.15, 0.2) is 0 Å². The molecule has 0 aliphatic carbocycles. The minimum absolute atomic E-state index is 0.0376. The van der Waals surface area contributed by atoms with E-state index in [0.29, 0.717) is 24.8 Å². The zero-order chi connectivity index (χ0) is 19.1. The van der Waals surface area contributed by atoms with Crippen molar-refractivity contribution in [3.63, 3.8) is 0 Å². The van der Waals surface area contributed by atoms with E-state index in [-0.39, 0.29) is 6.54 Å². The van der Waals surface area contributed by atoms with Crippen LogP contribution in [0.15, 0.2) is 35.7 Å². The Balaban J connectivity index is 1.51. The summed E-state index contributed by atoms with van der Waals surface area (Å²) in [7, 11) is 0. The molecular weight excluding hydrogens is 388 g/mol. The summed E-state index contributed by atoms with van der Waals surface area (Å²) in [6.07, 6.45) is 0. The highest BCUT2D eigenvalue weighted by atomic mass is 35.5. The molecule has 1 aromatic carbocycles. The second kappa shape index (κ2) is 9.59. The number of rotatable bonds is 6. The van der Waals surface area contributed by atoms with E-state index in [1.165, 1.54) is 0 Å². The molecule has 1 aromatic heterocycles. The largest absolute Gasteiger partial charge is 0.378 e. The topological polar surface area (TPSA) is 82.7 Å². The fourth-order valence-electron chi connectivity index (χ4n) is 2.70. The van der Waals surface area contributed by atoms with Crippen LogP contribution in [0.1, 0.15) is 4.88 Å². The zero-order valence-electron chi connectivity index (χ0n) is 14.7. The molecule has 27 heavy (non-hydrogen) atoms. The van der Waals surface area contributed by atoms with Gasteiger partial charge in [-0.25, -0.2) is 4.79 Å². The van der Waals surface area contributed by atoms with E-state index in [0.717, 1.165) is 29.3 Å². The van der Waals surface area contributed by atoms with Gasteiger partial charge in [0.05, 0.1) is 37.7 Å². The fourth-order valence-corrected chi connectivity index (χ4v) is 3.52. The third-order valence-corrected chi connectivity index (χ3v) is 5.12. The number of hydrogen-bond donors (Lipinski definition) is 3. The molecule has 3 amide bonds. The summed E-state index contributed by atoms with van der Waals surface area (Å²) in [6.45, 7) is 3.21. The van der Waals surface area contributed by atoms with Gasteiger partial charge in [0.25, 0.3) is 0 Å². The van der Waals surface area contributed by atoms with Gasteiger partial charge in [-0.05, 0) is 29.6 Å². The third kappa shape index (κ3) is 5.85. The summed E-state index contributed by atoms with van der Waals surface area (Å²) in [5, 5.41) is 10.5. The maximum absolute atomic E-state index is 12.1. The summed E-state index contributed by atoms with van der Waals surface area (Å²) in [5.74, 6) is -0.424. The van der Waals surface area contributed by atoms with Gasteiger partial charge in [0.1, 0.15) is 0 Å². The lowest BCUT2D eigenvalue weighted by Crippen LogP contribution is -2.41. The van der Waals surface area contributed by atoms with Crippen molar-refractivity contribution in [1.82, 2.24) is 10.6 Å². The van der Waals surface area contributed by atoms with Crippen LogP contribution in [0.2, 0.25) is 5.02 Å². The Morgan fingerprint density at radius 2 is 2.04 bits per heavy atom. The number of morpholine rings is 1. The van der Waals surface area contributed by atoms with Gasteiger partial charge >= 0.3 is 6.03 Å². The van der Waals surface area contributed by atoms with Gasteiger partial charge in [-0.1, -0.05) is 17.7 Å². The lowest BCUT2D eigenvalue weighted by atomic mass is 10.2. The number of nitrogens with zero attached hydrogens (tertiary/aromatic N) is 1. The van der Waals surface area contributed by atoms with E-state index >= 15 is 0 Å². The quantitative estimate of drug-likeness (QED) is 0.684. The minimum Gasteiger partial charge on any atom is -0.378 e. The van der Waals surface area contributed by atoms with Crippen LogP contribution in [0, 0.1) is 0 Å². The maximum atomic E-state index is 12.1. The summed E-state index contributed by atoms with van der Waals surface area (Å²) >= 11 is 7.64. The van der Waals surface area contributed by atoms with Gasteiger partial charge in [0.2, 0.25) is 5.91 Å². The van der Waals surface area contributed by atoms with Crippen molar-refractivity contribution in [3.8, 4) is 0 Å². The monoisotopic (exact) mass is 408 g/mol. The van der Waals surface area contributed by atoms with Gasteiger partial charge in [0, 0.05) is 23.0 Å². The number of halogens is 1. The number of imide groups is 1. The number of benzene rings is 1. The van der Waals surface area contributed by atoms with Crippen LogP contribution >= 0.6 is 22.9 Å². The first-order chi connectivity index (χ1) is 13.1. The SMILES string of the molecule is O=C(CNc1cc(Cl)ccc1N1CCOCC1)NC(=O)NCc1cccs1. The smallest absolute Gasteiger partial charge is 0.321 e. The number of anilines is 2. The minimum atomic E-state index is -0.519. The summed E-state index contributed by atoms with van der Waals surface area (Å²) < 4.78 is 5.38. The van der Waals surface area contributed by atoms with Crippen LogP contribution in [-0.4, -0.2) is 44.8 Å². The van der Waals surface area contributed by atoms with E-state index in [1.54, 1.807) is 17.4 Å². The van der Waals surface area contributed by atoms with Crippen molar-refractivity contribution in [2.75, 3.05) is 43.1 Å². The van der Waals surface area contributed by atoms with E-state index < -0.39 is 11.9 Å². The van der Waals surface area contributed by atoms with Crippen LogP contribution in [0.3, 0.4) is 0 Å². The van der Waals surface area contributed by atoms with E-state index in [4.69, 9.17) is 16.3 Å². The molecule has 2 aromatic rings. The van der Waals surface area contributed by atoms with Crippen molar-refractivity contribution < 1.29 is 14.3 Å². The highest BCUT2D eigenvalue weighted by molar-refractivity contribution is 7.09. The normalized spacial score (nSPS) is 13.9. The van der Waals surface area contributed by atoms with E-state index in [2.05, 4.69) is 20.9 Å². The van der Waals surface area contributed by atoms with Crippen LogP contribution < -0.4 is 20.9 Å². The van der Waals surface area contributed by atoms with Gasteiger partial charge in [-0.3, -0.25) is 10.1 Å². The van der Waals surface area contributed by atoms with Crippen molar-refractivity contribution in [1.29, 1.82) is 0 Å². The first kappa shape index (κ1) is 19.5. The number of urea groups is 1. The Kier molecular flexibility index (Phi) is 6.92. The van der Waals surface area contributed by atoms with Gasteiger partial charge in [-0.2, -0.15) is 0 Å². The van der Waals surface area contributed by atoms with Gasteiger partial charge in [-0.15, -0.1) is 11.3 Å². The fraction of sp³-hybridized carbons (Fsp3) is 0.333. The number of hydrogen-bond acceptors (Lipinski definition) is 6. The number of carbonyl (C=O) groups is 2. The summed E-state index contributed by atoms with van der Waals surface area (Å²) in [5.41, 5.74) is 1.70. The molecule has 0 atom stereocenters. The molecule has 7 nitrogen and oxygen atoms in total. The second-order valence-electron chi connectivity index (χ2n) is 5.92. The molecular formula is C18H21ClN4O3S. The molecule has 0 spiro atoms. The van der Waals surface area contributed by atoms with Crippen molar-refractivity contribution >= 4 is 46.3 Å². The first-order valence-electron chi connectivity index (χ1n) is 8.58. The highest BCUT2D eigenvalue weighted by Crippen LogP contribution is 2.29. The Hall–Kier alpha value is -2.29. The lowest BCUT2D eigenvalue weighted by molar-refractivity contribution is -0.118. The highest BCUT2D eigenvalue weighted by Gasteiger charge is 2.16. The first-order valence-corrected chi connectivity index (χ1v) is 9.84. The summed E-state index contributed by atoms with van der Waals surface area (Å²) in [4.78, 5) is 27.1. The maximum Gasteiger partial charge on any atom is 0.321 e. The van der Waals surface area contributed by atoms with E-state index in [1.807, 2.05) is 29.6 Å². The zero-order valence-corrected chi connectivity index (χ0v) is 16.2. The Labute approximate surface area is 166 Å². The Morgan fingerprint density at radius 1 is 1.22 bits per heavy atom. The molecule has 1 fully saturated rings. The van der Waals surface area contributed by atoms with Gasteiger partial charge < -0.3 is 20.3 Å². The molecule has 0 unspecified atom stereocenters. The van der Waals surface area contributed by atoms with Crippen LogP contribution in [0.4, 0.5) is 16.2 Å². The molecule has 0 bridgehead atoms. The number of ether oxygens (including phenoxy) is 1. The average molecular weight is 409 g/mol. The Morgan fingerprint density at radius 3 is 2.78 bits per heavy atom. The number of amides is 3. The van der Waals surface area contributed by atoms with Crippen LogP contribution in [0.25, 0.3) is 0 Å². The predicted octanol–water partition coefficient (Wildman–Crippen LogP) is 2.68. The Bertz CT molecular complexity index is 779. The summed E-state index contributed by atoms with van der Waals surface area (Å²) in [6, 6.07) is 8.81. The molecule has 3 rings (SSSR count). The number of carbonyl (C=O) groups excluding carboxylic acids is 2. The number of nitrogens with one attached hydrogen (secondary N) is 3. The molecule has 1 aliphatic heterocycles. The standard InChI is InChI=1S/C18H21ClN4O3S/c19-13-3-4-16(23-5-7-26-8-6-23)15(10-13)20-12-17(24)22-18(25)21-11-14-2-1-9-27-14/h1-4,9-10,20H,5-8,11-12H2,(H2,21,22,24,25). The molecule has 3 N–H and O–H groups in total. The van der Waals surface area contributed by atoms with Crippen LogP contribution in [0.5, 0.6) is 0 Å². The van der Waals surface area contributed by atoms with Crippen molar-refractivity contribution in [2.24, 2.45) is 0 Å². The lowest BCUT2D eigenvalue weighted by Gasteiger charge is -2.30. The average Bonchev–Trinajstić information content (AvgIpc) is 3.19. The third-order valence-electron chi connectivity index (χ3n) is 4.01. The molecule has 144 valence electrons. The molecule has 0 radical (unpaired) electrons. The second-order valence-corrected chi connectivity index (χ2v) is 7.39. The van der Waals surface area contributed by atoms with E-state index in [9.17, 15) is 9.59 Å². The molecule has 1 saturated heterocycles.